The van der Waals surface area contributed by atoms with Crippen LogP contribution in [-0.4, -0.2) is 4.98 Å². The number of nitrogens with two attached hydrogens (primary N) is 1. The first-order valence-corrected chi connectivity index (χ1v) is 5.30. The largest absolute Gasteiger partial charge is 0.381 e. The molecule has 88 valence electrons. The Hall–Kier alpha value is -1.97. The number of aromatic nitrogens is 1. The third kappa shape index (κ3) is 2.58. The number of benzene rings is 1. The predicted octanol–water partition coefficient (Wildman–Crippen LogP) is 2.73. The summed E-state index contributed by atoms with van der Waals surface area (Å²) in [5, 5.41) is 0. The van der Waals surface area contributed by atoms with Gasteiger partial charge in [-0.1, -0.05) is 30.3 Å². The van der Waals surface area contributed by atoms with Gasteiger partial charge in [-0.2, -0.15) is 0 Å². The molecule has 0 spiro atoms. The second kappa shape index (κ2) is 4.91. The second-order valence-electron chi connectivity index (χ2n) is 3.77. The highest BCUT2D eigenvalue weighted by molar-refractivity contribution is 5.36. The van der Waals surface area contributed by atoms with Crippen LogP contribution in [0.1, 0.15) is 11.1 Å². The second-order valence-corrected chi connectivity index (χ2v) is 3.77. The summed E-state index contributed by atoms with van der Waals surface area (Å²) in [6, 6.07) is 9.52. The van der Waals surface area contributed by atoms with Crippen LogP contribution in [0.3, 0.4) is 0 Å². The molecule has 1 aromatic heterocycles. The molecule has 0 atom stereocenters. The minimum atomic E-state index is -0.749. The van der Waals surface area contributed by atoms with Gasteiger partial charge in [0.15, 0.2) is 11.6 Å². The Morgan fingerprint density at radius 1 is 1.06 bits per heavy atom. The van der Waals surface area contributed by atoms with E-state index in [-0.39, 0.29) is 17.8 Å². The van der Waals surface area contributed by atoms with Crippen molar-refractivity contribution in [2.24, 2.45) is 0 Å². The van der Waals surface area contributed by atoms with Crippen LogP contribution in [0.5, 0.6) is 0 Å². The van der Waals surface area contributed by atoms with Gasteiger partial charge in [-0.25, -0.2) is 13.8 Å². The van der Waals surface area contributed by atoms with Gasteiger partial charge in [-0.3, -0.25) is 0 Å². The van der Waals surface area contributed by atoms with Crippen LogP contribution in [0, 0.1) is 11.6 Å². The molecule has 0 amide bonds. The fourth-order valence-corrected chi connectivity index (χ4v) is 1.66. The molecule has 17 heavy (non-hydrogen) atoms. The van der Waals surface area contributed by atoms with Crippen LogP contribution in [0.25, 0.3) is 0 Å². The summed E-state index contributed by atoms with van der Waals surface area (Å²) in [7, 11) is 0. The van der Waals surface area contributed by atoms with E-state index in [9.17, 15) is 8.78 Å². The van der Waals surface area contributed by atoms with E-state index in [1.807, 2.05) is 30.3 Å². The van der Waals surface area contributed by atoms with E-state index in [4.69, 9.17) is 5.73 Å². The van der Waals surface area contributed by atoms with E-state index in [1.54, 1.807) is 0 Å². The van der Waals surface area contributed by atoms with Gasteiger partial charge in [0, 0.05) is 5.56 Å². The lowest BCUT2D eigenvalue weighted by Gasteiger charge is -2.06. The maximum absolute atomic E-state index is 13.5. The van der Waals surface area contributed by atoms with Gasteiger partial charge in [-0.05, 0) is 18.4 Å². The Bertz CT molecular complexity index is 512. The molecule has 0 bridgehead atoms. The van der Waals surface area contributed by atoms with E-state index < -0.39 is 11.6 Å². The van der Waals surface area contributed by atoms with Crippen molar-refractivity contribution in [3.63, 3.8) is 0 Å². The molecule has 1 heterocycles. The average Bonchev–Trinajstić information content (AvgIpc) is 2.35. The summed E-state index contributed by atoms with van der Waals surface area (Å²) < 4.78 is 26.9. The van der Waals surface area contributed by atoms with Crippen LogP contribution < -0.4 is 5.73 Å². The first-order chi connectivity index (χ1) is 8.18. The van der Waals surface area contributed by atoms with E-state index in [1.165, 1.54) is 0 Å². The highest BCUT2D eigenvalue weighted by Crippen LogP contribution is 2.18. The molecule has 2 nitrogen and oxygen atoms in total. The molecular weight excluding hydrogens is 222 g/mol. The van der Waals surface area contributed by atoms with Crippen molar-refractivity contribution in [2.75, 3.05) is 5.73 Å². The number of halogens is 2. The normalized spacial score (nSPS) is 10.5. The topological polar surface area (TPSA) is 38.9 Å². The van der Waals surface area contributed by atoms with Gasteiger partial charge in [0.1, 0.15) is 5.82 Å². The summed E-state index contributed by atoms with van der Waals surface area (Å²) >= 11 is 0. The number of hydrogen-bond acceptors (Lipinski definition) is 2. The Morgan fingerprint density at radius 3 is 2.47 bits per heavy atom. The number of nitrogen functional groups attached to an aromatic ring is 1. The predicted molar refractivity (Wildman–Crippen MR) is 62.4 cm³/mol. The molecule has 0 fully saturated rings. The van der Waals surface area contributed by atoms with Crippen LogP contribution >= 0.6 is 0 Å². The summed E-state index contributed by atoms with van der Waals surface area (Å²) in [5.41, 5.74) is 6.34. The lowest BCUT2D eigenvalue weighted by molar-refractivity contribution is 0.549. The molecule has 2 N–H and O–H groups in total. The molecule has 4 heteroatoms. The Balaban J connectivity index is 2.17. The van der Waals surface area contributed by atoms with Crippen molar-refractivity contribution in [3.8, 4) is 0 Å². The number of rotatable bonds is 3. The first kappa shape index (κ1) is 11.5. The standard InChI is InChI=1S/C13H12F2N2/c14-11-8-17-13(16)12(15)10(11)7-6-9-4-2-1-3-5-9/h1-5,8H,6-7H2,(H2,16,17). The van der Waals surface area contributed by atoms with Gasteiger partial charge >= 0.3 is 0 Å². The zero-order chi connectivity index (χ0) is 12.3. The number of aryl methyl sites for hydroxylation is 1. The minimum absolute atomic E-state index is 0.00125. The van der Waals surface area contributed by atoms with E-state index >= 15 is 0 Å². The molecule has 2 aromatic rings. The maximum atomic E-state index is 13.5. The highest BCUT2D eigenvalue weighted by Gasteiger charge is 2.12. The van der Waals surface area contributed by atoms with Crippen LogP contribution in [-0.2, 0) is 12.8 Å². The summed E-state index contributed by atoms with van der Waals surface area (Å²) in [5.74, 6) is -1.65. The number of pyridine rings is 1. The fraction of sp³-hybridized carbons (Fsp3) is 0.154. The van der Waals surface area contributed by atoms with Gasteiger partial charge < -0.3 is 5.73 Å². The summed E-state index contributed by atoms with van der Waals surface area (Å²) in [6.07, 6.45) is 1.80. The molecule has 2 rings (SSSR count). The van der Waals surface area contributed by atoms with Crippen LogP contribution in [0.4, 0.5) is 14.6 Å². The average molecular weight is 234 g/mol. The quantitative estimate of drug-likeness (QED) is 0.886. The zero-order valence-corrected chi connectivity index (χ0v) is 9.16. The summed E-state index contributed by atoms with van der Waals surface area (Å²) in [4.78, 5) is 3.42. The van der Waals surface area contributed by atoms with Crippen molar-refractivity contribution >= 4 is 5.82 Å². The zero-order valence-electron chi connectivity index (χ0n) is 9.16. The van der Waals surface area contributed by atoms with Crippen molar-refractivity contribution in [1.29, 1.82) is 0 Å². The van der Waals surface area contributed by atoms with Crippen molar-refractivity contribution in [1.82, 2.24) is 4.98 Å². The van der Waals surface area contributed by atoms with Crippen LogP contribution in [0.15, 0.2) is 36.5 Å². The minimum Gasteiger partial charge on any atom is -0.381 e. The number of anilines is 1. The lowest BCUT2D eigenvalue weighted by atomic mass is 10.0. The molecule has 1 aromatic carbocycles. The highest BCUT2D eigenvalue weighted by atomic mass is 19.1. The van der Waals surface area contributed by atoms with Gasteiger partial charge in [0.05, 0.1) is 6.20 Å². The third-order valence-electron chi connectivity index (χ3n) is 2.60. The Labute approximate surface area is 98.1 Å². The Kier molecular flexibility index (Phi) is 3.32. The van der Waals surface area contributed by atoms with Crippen molar-refractivity contribution < 1.29 is 8.78 Å². The van der Waals surface area contributed by atoms with E-state index in [0.29, 0.717) is 6.42 Å². The third-order valence-corrected chi connectivity index (χ3v) is 2.60. The van der Waals surface area contributed by atoms with Crippen molar-refractivity contribution in [2.45, 2.75) is 12.8 Å². The molecule has 0 aliphatic heterocycles. The van der Waals surface area contributed by atoms with Gasteiger partial charge in [0.25, 0.3) is 0 Å². The fourth-order valence-electron chi connectivity index (χ4n) is 1.66. The Morgan fingerprint density at radius 2 is 1.76 bits per heavy atom. The molecule has 0 aliphatic carbocycles. The molecule has 0 unspecified atom stereocenters. The van der Waals surface area contributed by atoms with E-state index in [2.05, 4.69) is 4.98 Å². The SMILES string of the molecule is Nc1ncc(F)c(CCc2ccccc2)c1F. The molecular formula is C13H12F2N2. The van der Waals surface area contributed by atoms with Crippen molar-refractivity contribution in [3.05, 3.63) is 59.3 Å². The molecule has 0 aliphatic rings. The maximum Gasteiger partial charge on any atom is 0.171 e. The number of hydrogen-bond donors (Lipinski definition) is 1. The molecule has 0 radical (unpaired) electrons. The molecule has 0 saturated heterocycles. The van der Waals surface area contributed by atoms with E-state index in [0.717, 1.165) is 11.8 Å². The van der Waals surface area contributed by atoms with Gasteiger partial charge in [0.2, 0.25) is 0 Å². The van der Waals surface area contributed by atoms with Gasteiger partial charge in [-0.15, -0.1) is 0 Å². The number of nitrogens with zero attached hydrogens (tertiary/aromatic N) is 1. The smallest absolute Gasteiger partial charge is 0.171 e. The molecule has 0 saturated carbocycles. The summed E-state index contributed by atoms with van der Waals surface area (Å²) in [6.45, 7) is 0. The monoisotopic (exact) mass is 234 g/mol. The first-order valence-electron chi connectivity index (χ1n) is 5.30. The lowest BCUT2D eigenvalue weighted by Crippen LogP contribution is -2.04. The van der Waals surface area contributed by atoms with Crippen LogP contribution in [0.2, 0.25) is 0 Å².